The molecule has 0 heterocycles. The first kappa shape index (κ1) is 25.9. The van der Waals surface area contributed by atoms with E-state index in [-0.39, 0.29) is 18.9 Å². The molecule has 3 rings (SSSR count). The SMILES string of the molecule is COc1ccc(OCCNC(=O)CCCN(c2ccccc2Oc2ccccc2)S(C)(=O)=O)cc1. The van der Waals surface area contributed by atoms with Crippen molar-refractivity contribution in [3.05, 3.63) is 78.9 Å². The summed E-state index contributed by atoms with van der Waals surface area (Å²) in [4.78, 5) is 12.2. The lowest BCUT2D eigenvalue weighted by Crippen LogP contribution is -2.33. The van der Waals surface area contributed by atoms with Crippen LogP contribution in [0.2, 0.25) is 0 Å². The quantitative estimate of drug-likeness (QED) is 0.355. The second-order valence-corrected chi connectivity index (χ2v) is 9.60. The highest BCUT2D eigenvalue weighted by Gasteiger charge is 2.21. The zero-order valence-electron chi connectivity index (χ0n) is 19.8. The van der Waals surface area contributed by atoms with E-state index >= 15 is 0 Å². The average Bonchev–Trinajstić information content (AvgIpc) is 2.85. The van der Waals surface area contributed by atoms with E-state index in [1.807, 2.05) is 18.2 Å². The summed E-state index contributed by atoms with van der Waals surface area (Å²) in [5, 5.41) is 2.79. The van der Waals surface area contributed by atoms with Gasteiger partial charge in [-0.05, 0) is 55.0 Å². The number of nitrogens with zero attached hydrogens (tertiary/aromatic N) is 1. The molecule has 0 spiro atoms. The number of carbonyl (C=O) groups is 1. The van der Waals surface area contributed by atoms with Crippen LogP contribution in [0.15, 0.2) is 78.9 Å². The number of rotatable bonds is 13. The highest BCUT2D eigenvalue weighted by atomic mass is 32.2. The van der Waals surface area contributed by atoms with Gasteiger partial charge in [-0.3, -0.25) is 9.10 Å². The maximum Gasteiger partial charge on any atom is 0.232 e. The van der Waals surface area contributed by atoms with Gasteiger partial charge >= 0.3 is 0 Å². The zero-order chi connectivity index (χ0) is 25.1. The van der Waals surface area contributed by atoms with Gasteiger partial charge in [0.05, 0.1) is 25.6 Å². The first-order valence-electron chi connectivity index (χ1n) is 11.2. The molecule has 0 aliphatic heterocycles. The van der Waals surface area contributed by atoms with Crippen LogP contribution >= 0.6 is 0 Å². The summed E-state index contributed by atoms with van der Waals surface area (Å²) in [5.74, 6) is 2.27. The lowest BCUT2D eigenvalue weighted by molar-refractivity contribution is -0.121. The number of methoxy groups -OCH3 is 1. The monoisotopic (exact) mass is 498 g/mol. The minimum absolute atomic E-state index is 0.143. The van der Waals surface area contributed by atoms with Crippen molar-refractivity contribution >= 4 is 21.6 Å². The molecule has 0 saturated carbocycles. The number of sulfonamides is 1. The van der Waals surface area contributed by atoms with E-state index in [9.17, 15) is 13.2 Å². The number of amides is 1. The van der Waals surface area contributed by atoms with Gasteiger partial charge in [-0.1, -0.05) is 30.3 Å². The summed E-state index contributed by atoms with van der Waals surface area (Å²) in [5.41, 5.74) is 0.423. The van der Waals surface area contributed by atoms with Crippen LogP contribution in [-0.2, 0) is 14.8 Å². The Morgan fingerprint density at radius 3 is 2.23 bits per heavy atom. The fourth-order valence-corrected chi connectivity index (χ4v) is 4.30. The number of anilines is 1. The minimum atomic E-state index is -3.59. The molecule has 3 aromatic carbocycles. The summed E-state index contributed by atoms with van der Waals surface area (Å²) in [7, 11) is -2.00. The highest BCUT2D eigenvalue weighted by molar-refractivity contribution is 7.92. The van der Waals surface area contributed by atoms with E-state index in [1.165, 1.54) is 4.31 Å². The number of carbonyl (C=O) groups excluding carboxylic acids is 1. The molecule has 0 aromatic heterocycles. The maximum absolute atomic E-state index is 12.5. The highest BCUT2D eigenvalue weighted by Crippen LogP contribution is 2.33. The Morgan fingerprint density at radius 1 is 0.886 bits per heavy atom. The van der Waals surface area contributed by atoms with E-state index in [1.54, 1.807) is 67.8 Å². The predicted octanol–water partition coefficient (Wildman–Crippen LogP) is 4.23. The molecule has 0 unspecified atom stereocenters. The third kappa shape index (κ3) is 8.22. The Kier molecular flexibility index (Phi) is 9.37. The summed E-state index contributed by atoms with van der Waals surface area (Å²) in [6.45, 7) is 0.801. The van der Waals surface area contributed by atoms with Crippen molar-refractivity contribution in [2.45, 2.75) is 12.8 Å². The maximum atomic E-state index is 12.5. The molecule has 1 amide bonds. The van der Waals surface area contributed by atoms with Crippen LogP contribution in [0.1, 0.15) is 12.8 Å². The zero-order valence-corrected chi connectivity index (χ0v) is 20.7. The molecule has 0 aliphatic carbocycles. The Hall–Kier alpha value is -3.72. The van der Waals surface area contributed by atoms with Gasteiger partial charge in [-0.2, -0.15) is 0 Å². The molecule has 8 nitrogen and oxygen atoms in total. The predicted molar refractivity (Wildman–Crippen MR) is 136 cm³/mol. The van der Waals surface area contributed by atoms with Crippen molar-refractivity contribution in [1.82, 2.24) is 5.32 Å². The van der Waals surface area contributed by atoms with Crippen LogP contribution in [0.25, 0.3) is 0 Å². The number of nitrogens with one attached hydrogen (secondary N) is 1. The lowest BCUT2D eigenvalue weighted by atomic mass is 10.2. The smallest absolute Gasteiger partial charge is 0.232 e. The van der Waals surface area contributed by atoms with Crippen LogP contribution in [0.3, 0.4) is 0 Å². The molecule has 0 aliphatic rings. The average molecular weight is 499 g/mol. The topological polar surface area (TPSA) is 94.2 Å². The number of benzene rings is 3. The molecule has 9 heteroatoms. The van der Waals surface area contributed by atoms with Crippen molar-refractivity contribution in [2.24, 2.45) is 0 Å². The number of hydrogen-bond donors (Lipinski definition) is 1. The van der Waals surface area contributed by atoms with Crippen molar-refractivity contribution in [3.8, 4) is 23.0 Å². The van der Waals surface area contributed by atoms with E-state index in [2.05, 4.69) is 5.32 Å². The molecule has 0 radical (unpaired) electrons. The summed E-state index contributed by atoms with van der Waals surface area (Å²) in [6.07, 6.45) is 1.66. The van der Waals surface area contributed by atoms with Gasteiger partial charge in [0.15, 0.2) is 5.75 Å². The van der Waals surface area contributed by atoms with Crippen LogP contribution in [0.4, 0.5) is 5.69 Å². The van der Waals surface area contributed by atoms with E-state index in [4.69, 9.17) is 14.2 Å². The Balaban J connectivity index is 1.50. The molecule has 35 heavy (non-hydrogen) atoms. The van der Waals surface area contributed by atoms with Gasteiger partial charge < -0.3 is 19.5 Å². The summed E-state index contributed by atoms with van der Waals surface area (Å²) in [6, 6.07) is 23.3. The molecule has 0 bridgehead atoms. The fraction of sp³-hybridized carbons (Fsp3) is 0.269. The Morgan fingerprint density at radius 2 is 1.54 bits per heavy atom. The fourth-order valence-electron chi connectivity index (χ4n) is 3.33. The molecular weight excluding hydrogens is 468 g/mol. The summed E-state index contributed by atoms with van der Waals surface area (Å²) >= 11 is 0. The Labute approximate surface area is 206 Å². The minimum Gasteiger partial charge on any atom is -0.497 e. The molecule has 1 N–H and O–H groups in total. The molecule has 3 aromatic rings. The largest absolute Gasteiger partial charge is 0.497 e. The van der Waals surface area contributed by atoms with Crippen molar-refractivity contribution in [1.29, 1.82) is 0 Å². The van der Waals surface area contributed by atoms with Gasteiger partial charge in [0.25, 0.3) is 0 Å². The van der Waals surface area contributed by atoms with Gasteiger partial charge in [-0.25, -0.2) is 8.42 Å². The molecule has 0 saturated heterocycles. The number of para-hydroxylation sites is 3. The second kappa shape index (κ2) is 12.7. The first-order chi connectivity index (χ1) is 16.9. The van der Waals surface area contributed by atoms with Gasteiger partial charge in [0.2, 0.25) is 15.9 Å². The number of hydrogen-bond acceptors (Lipinski definition) is 6. The lowest BCUT2D eigenvalue weighted by Gasteiger charge is -2.24. The van der Waals surface area contributed by atoms with Crippen molar-refractivity contribution in [2.75, 3.05) is 37.4 Å². The van der Waals surface area contributed by atoms with Crippen molar-refractivity contribution < 1.29 is 27.4 Å². The van der Waals surface area contributed by atoms with Crippen LogP contribution < -0.4 is 23.8 Å². The third-order valence-corrected chi connectivity index (χ3v) is 6.20. The molecular formula is C26H30N2O6S. The third-order valence-electron chi connectivity index (χ3n) is 5.02. The number of ether oxygens (including phenoxy) is 3. The van der Waals surface area contributed by atoms with Gasteiger partial charge in [0.1, 0.15) is 23.9 Å². The standard InChI is InChI=1S/C26H30N2O6S/c1-32-21-14-16-22(17-15-21)33-20-18-27-26(29)13-8-19-28(35(2,30)31)24-11-6-7-12-25(24)34-23-9-4-3-5-10-23/h3-7,9-12,14-17H,8,13,18-20H2,1-2H3,(H,27,29). The van der Waals surface area contributed by atoms with Crippen LogP contribution in [0, 0.1) is 0 Å². The molecule has 0 atom stereocenters. The molecule has 186 valence electrons. The van der Waals surface area contributed by atoms with Gasteiger partial charge in [-0.15, -0.1) is 0 Å². The summed E-state index contributed by atoms with van der Waals surface area (Å²) < 4.78 is 43.0. The normalized spacial score (nSPS) is 10.9. The van der Waals surface area contributed by atoms with Gasteiger partial charge in [0, 0.05) is 13.0 Å². The van der Waals surface area contributed by atoms with E-state index in [0.29, 0.717) is 42.5 Å². The van der Waals surface area contributed by atoms with E-state index in [0.717, 1.165) is 12.0 Å². The Bertz CT molecular complexity index is 1180. The second-order valence-electron chi connectivity index (χ2n) is 7.70. The van der Waals surface area contributed by atoms with Crippen molar-refractivity contribution in [3.63, 3.8) is 0 Å². The molecule has 0 fully saturated rings. The first-order valence-corrected chi connectivity index (χ1v) is 13.0. The van der Waals surface area contributed by atoms with Crippen LogP contribution in [0.5, 0.6) is 23.0 Å². The van der Waals surface area contributed by atoms with Crippen LogP contribution in [-0.4, -0.2) is 47.4 Å². The van der Waals surface area contributed by atoms with E-state index < -0.39 is 10.0 Å².